The van der Waals surface area contributed by atoms with Gasteiger partial charge in [-0.25, -0.2) is 0 Å². The Labute approximate surface area is 336 Å². The van der Waals surface area contributed by atoms with Gasteiger partial charge in [0, 0.05) is 22.4 Å². The highest BCUT2D eigenvalue weighted by atomic mass is 15.1. The zero-order valence-corrected chi connectivity index (χ0v) is 33.1. The largest absolute Gasteiger partial charge is 0.310 e. The molecule has 8 aromatic rings. The van der Waals surface area contributed by atoms with Crippen LogP contribution in [0.3, 0.4) is 0 Å². The maximum atomic E-state index is 2.54. The first kappa shape index (κ1) is 33.9. The average molecular weight is 732 g/mol. The summed E-state index contributed by atoms with van der Waals surface area (Å²) in [6.07, 6.45) is 1.11. The third kappa shape index (κ3) is 4.69. The molecule has 1 spiro atoms. The van der Waals surface area contributed by atoms with E-state index in [9.17, 15) is 0 Å². The highest BCUT2D eigenvalue weighted by molar-refractivity contribution is 5.97. The summed E-state index contributed by atoms with van der Waals surface area (Å²) in [6.45, 7) is 9.37. The van der Waals surface area contributed by atoms with E-state index in [4.69, 9.17) is 0 Å². The molecule has 274 valence electrons. The summed E-state index contributed by atoms with van der Waals surface area (Å²) < 4.78 is 0. The molecule has 1 unspecified atom stereocenters. The Morgan fingerprint density at radius 2 is 0.877 bits per heavy atom. The zero-order valence-electron chi connectivity index (χ0n) is 33.1. The molecule has 0 fully saturated rings. The molecular weight excluding hydrogens is 687 g/mol. The van der Waals surface area contributed by atoms with Gasteiger partial charge in [0.05, 0.1) is 11.1 Å². The molecule has 0 bridgehead atoms. The number of rotatable bonds is 6. The van der Waals surface area contributed by atoms with Gasteiger partial charge in [-0.15, -0.1) is 0 Å². The fourth-order valence-electron chi connectivity index (χ4n) is 10.6. The van der Waals surface area contributed by atoms with Gasteiger partial charge in [-0.1, -0.05) is 179 Å². The predicted molar refractivity (Wildman–Crippen MR) is 239 cm³/mol. The van der Waals surface area contributed by atoms with Crippen molar-refractivity contribution in [2.75, 3.05) is 4.90 Å². The lowest BCUT2D eigenvalue weighted by atomic mass is 9.70. The standard InChI is InChI=1S/C56H45N/c1-5-36(2)37-17-16-18-38(33-37)41-19-10-15-28-54(41)57(39-29-31-46-42-20-6-11-24-48(42)55(3,4)52(46)34-39)40-30-32-47-45-23-9-14-27-51(45)56(53(47)35-40)49-25-12-7-21-43(49)44-22-8-13-26-50(44)56/h6-36H,5H2,1-4H3. The molecule has 3 aliphatic rings. The number of benzene rings is 8. The van der Waals surface area contributed by atoms with Crippen LogP contribution in [0.5, 0.6) is 0 Å². The van der Waals surface area contributed by atoms with E-state index in [0.717, 1.165) is 17.8 Å². The highest BCUT2D eigenvalue weighted by Gasteiger charge is 2.51. The Hall–Kier alpha value is -6.44. The van der Waals surface area contributed by atoms with Crippen LogP contribution in [0, 0.1) is 0 Å². The normalized spacial score (nSPS) is 14.9. The lowest BCUT2D eigenvalue weighted by molar-refractivity contribution is 0.660. The number of anilines is 3. The van der Waals surface area contributed by atoms with E-state index in [1.54, 1.807) is 0 Å². The molecule has 0 heterocycles. The molecular formula is C56H45N. The van der Waals surface area contributed by atoms with E-state index in [2.05, 4.69) is 215 Å². The van der Waals surface area contributed by atoms with E-state index in [-0.39, 0.29) is 5.41 Å². The minimum atomic E-state index is -0.424. The lowest BCUT2D eigenvalue weighted by Gasteiger charge is -2.33. The molecule has 1 atom stereocenters. The van der Waals surface area contributed by atoms with Crippen molar-refractivity contribution in [2.45, 2.75) is 50.9 Å². The Bertz CT molecular complexity index is 2840. The molecule has 0 saturated carbocycles. The monoisotopic (exact) mass is 731 g/mol. The van der Waals surface area contributed by atoms with E-state index >= 15 is 0 Å². The second-order valence-electron chi connectivity index (χ2n) is 16.8. The van der Waals surface area contributed by atoms with Crippen molar-refractivity contribution >= 4 is 17.1 Å². The van der Waals surface area contributed by atoms with Gasteiger partial charge in [0.2, 0.25) is 0 Å². The maximum absolute atomic E-state index is 2.54. The van der Waals surface area contributed by atoms with Crippen molar-refractivity contribution in [3.8, 4) is 44.5 Å². The number of fused-ring (bicyclic) bond motifs is 13. The summed E-state index contributed by atoms with van der Waals surface area (Å²) in [6, 6.07) is 68.9. The molecule has 0 aromatic heterocycles. The van der Waals surface area contributed by atoms with Crippen LogP contribution in [0.4, 0.5) is 17.1 Å². The summed E-state index contributed by atoms with van der Waals surface area (Å²) in [5, 5.41) is 0. The molecule has 0 saturated heterocycles. The quantitative estimate of drug-likeness (QED) is 0.165. The van der Waals surface area contributed by atoms with Gasteiger partial charge in [0.1, 0.15) is 0 Å². The Kier molecular flexibility index (Phi) is 7.45. The van der Waals surface area contributed by atoms with Crippen LogP contribution in [0.1, 0.15) is 79.0 Å². The van der Waals surface area contributed by atoms with E-state index in [0.29, 0.717) is 5.92 Å². The molecule has 1 nitrogen and oxygen atoms in total. The molecule has 57 heavy (non-hydrogen) atoms. The summed E-state index contributed by atoms with van der Waals surface area (Å²) in [5.74, 6) is 0.487. The first-order valence-electron chi connectivity index (χ1n) is 20.6. The molecule has 0 radical (unpaired) electrons. The van der Waals surface area contributed by atoms with Gasteiger partial charge in [0.15, 0.2) is 0 Å². The van der Waals surface area contributed by atoms with Crippen molar-refractivity contribution in [1.29, 1.82) is 0 Å². The van der Waals surface area contributed by atoms with Crippen LogP contribution < -0.4 is 4.90 Å². The summed E-state index contributed by atoms with van der Waals surface area (Å²) in [4.78, 5) is 2.54. The van der Waals surface area contributed by atoms with Gasteiger partial charge in [-0.05, 0) is 121 Å². The number of hydrogen-bond donors (Lipinski definition) is 0. The third-order valence-electron chi connectivity index (χ3n) is 13.6. The number of para-hydroxylation sites is 1. The van der Waals surface area contributed by atoms with Crippen LogP contribution in [-0.4, -0.2) is 0 Å². The van der Waals surface area contributed by atoms with Crippen molar-refractivity contribution in [1.82, 2.24) is 0 Å². The molecule has 0 aliphatic heterocycles. The van der Waals surface area contributed by atoms with Crippen LogP contribution in [0.25, 0.3) is 44.5 Å². The van der Waals surface area contributed by atoms with E-state index < -0.39 is 5.41 Å². The first-order valence-corrected chi connectivity index (χ1v) is 20.6. The Morgan fingerprint density at radius 3 is 1.46 bits per heavy atom. The van der Waals surface area contributed by atoms with E-state index in [1.165, 1.54) is 89.1 Å². The minimum absolute atomic E-state index is 0.126. The van der Waals surface area contributed by atoms with Gasteiger partial charge >= 0.3 is 0 Å². The summed E-state index contributed by atoms with van der Waals surface area (Å²) in [5.41, 5.74) is 22.9. The van der Waals surface area contributed by atoms with E-state index in [1.807, 2.05) is 0 Å². The maximum Gasteiger partial charge on any atom is 0.0726 e. The van der Waals surface area contributed by atoms with Crippen molar-refractivity contribution in [2.24, 2.45) is 0 Å². The summed E-state index contributed by atoms with van der Waals surface area (Å²) >= 11 is 0. The van der Waals surface area contributed by atoms with Crippen molar-refractivity contribution < 1.29 is 0 Å². The second-order valence-corrected chi connectivity index (χ2v) is 16.8. The molecule has 0 N–H and O–H groups in total. The average Bonchev–Trinajstić information content (AvgIpc) is 3.82. The van der Waals surface area contributed by atoms with Crippen LogP contribution in [-0.2, 0) is 10.8 Å². The third-order valence-corrected chi connectivity index (χ3v) is 13.6. The van der Waals surface area contributed by atoms with Crippen LogP contribution in [0.15, 0.2) is 182 Å². The zero-order chi connectivity index (χ0) is 38.5. The van der Waals surface area contributed by atoms with Gasteiger partial charge in [-0.3, -0.25) is 0 Å². The molecule has 1 heteroatoms. The van der Waals surface area contributed by atoms with Gasteiger partial charge in [0.25, 0.3) is 0 Å². The Balaban J connectivity index is 1.18. The van der Waals surface area contributed by atoms with Gasteiger partial charge < -0.3 is 4.90 Å². The first-order chi connectivity index (χ1) is 27.9. The van der Waals surface area contributed by atoms with Crippen LogP contribution >= 0.6 is 0 Å². The Morgan fingerprint density at radius 1 is 0.421 bits per heavy atom. The number of hydrogen-bond acceptors (Lipinski definition) is 1. The smallest absolute Gasteiger partial charge is 0.0726 e. The predicted octanol–water partition coefficient (Wildman–Crippen LogP) is 15.0. The fourth-order valence-corrected chi connectivity index (χ4v) is 10.6. The van der Waals surface area contributed by atoms with Gasteiger partial charge in [-0.2, -0.15) is 0 Å². The minimum Gasteiger partial charge on any atom is -0.310 e. The molecule has 11 rings (SSSR count). The second kappa shape index (κ2) is 12.5. The highest BCUT2D eigenvalue weighted by Crippen LogP contribution is 2.63. The lowest BCUT2D eigenvalue weighted by Crippen LogP contribution is -2.26. The fraction of sp³-hybridized carbons (Fsp3) is 0.143. The molecule has 3 aliphatic carbocycles. The van der Waals surface area contributed by atoms with Crippen molar-refractivity contribution in [3.05, 3.63) is 221 Å². The molecule has 8 aromatic carbocycles. The summed E-state index contributed by atoms with van der Waals surface area (Å²) in [7, 11) is 0. The molecule has 0 amide bonds. The number of nitrogens with zero attached hydrogens (tertiary/aromatic N) is 1. The SMILES string of the molecule is CCC(C)c1cccc(-c2ccccc2N(c2ccc3c(c2)C(C)(C)c2ccccc2-3)c2ccc3c(c2)C2(c4ccccc4-c4ccccc42)c2ccccc2-3)c1. The van der Waals surface area contributed by atoms with Crippen LogP contribution in [0.2, 0.25) is 0 Å². The van der Waals surface area contributed by atoms with Crippen molar-refractivity contribution in [3.63, 3.8) is 0 Å². The topological polar surface area (TPSA) is 3.24 Å².